The second-order valence-corrected chi connectivity index (χ2v) is 23.6. The molecular formula is C38H57F13OSi. The van der Waals surface area contributed by atoms with Crippen LogP contribution in [0.1, 0.15) is 119 Å². The summed E-state index contributed by atoms with van der Waals surface area (Å²) in [6.45, 7) is 18.3. The van der Waals surface area contributed by atoms with Crippen LogP contribution in [0.4, 0.5) is 57.1 Å². The minimum Gasteiger partial charge on any atom is -0.414 e. The number of fused-ring (bicyclic) bond motifs is 5. The Labute approximate surface area is 306 Å². The molecule has 0 unspecified atom stereocenters. The molecule has 4 aliphatic carbocycles. The van der Waals surface area contributed by atoms with Crippen molar-refractivity contribution in [2.24, 2.45) is 46.3 Å². The van der Waals surface area contributed by atoms with Crippen LogP contribution in [0.2, 0.25) is 18.1 Å². The summed E-state index contributed by atoms with van der Waals surface area (Å²) in [6.07, 6.45) is 2.32. The van der Waals surface area contributed by atoms with Gasteiger partial charge in [-0.3, -0.25) is 0 Å². The molecule has 0 amide bonds. The standard InChI is InChI=1S/C38H57F13OSi/c1-23(12-10-9-11-19-33(39,40)34(41,42)35(43,44)36(45,46)37(47,48)38(49,50)51)27-15-16-28-26-14-13-24-22-25(52-53(7,8)30(2,3)4)17-20-31(24,5)29(26)18-21-32(27,28)6/h9,11,23-29H,10,12-22H2,1-8H3/b11-9+/t23-,24-,25-,26+,27-,28+,29+,31+,32-/m1/s1. The fourth-order valence-corrected chi connectivity index (χ4v) is 12.1. The minimum absolute atomic E-state index is 0.0422. The Bertz CT molecular complexity index is 1320. The van der Waals surface area contributed by atoms with Crippen LogP contribution in [0.25, 0.3) is 0 Å². The first-order valence-electron chi connectivity index (χ1n) is 19.0. The van der Waals surface area contributed by atoms with Gasteiger partial charge in [0.15, 0.2) is 8.32 Å². The zero-order valence-electron chi connectivity index (χ0n) is 32.0. The van der Waals surface area contributed by atoms with Crippen molar-refractivity contribution in [2.75, 3.05) is 0 Å². The molecule has 0 aliphatic heterocycles. The summed E-state index contributed by atoms with van der Waals surface area (Å²) >= 11 is 0. The number of allylic oxidation sites excluding steroid dienone is 2. The maximum Gasteiger partial charge on any atom is 0.460 e. The zero-order chi connectivity index (χ0) is 40.6. The van der Waals surface area contributed by atoms with Gasteiger partial charge < -0.3 is 4.43 Å². The third-order valence-electron chi connectivity index (χ3n) is 15.0. The average molecular weight is 805 g/mol. The molecule has 0 heterocycles. The van der Waals surface area contributed by atoms with Crippen molar-refractivity contribution in [3.8, 4) is 0 Å². The van der Waals surface area contributed by atoms with Crippen LogP contribution in [0.3, 0.4) is 0 Å². The maximum atomic E-state index is 14.2. The van der Waals surface area contributed by atoms with Crippen LogP contribution in [-0.2, 0) is 4.43 Å². The molecule has 0 aromatic rings. The normalized spacial score (nSPS) is 34.5. The van der Waals surface area contributed by atoms with Crippen LogP contribution in [-0.4, -0.2) is 50.2 Å². The van der Waals surface area contributed by atoms with E-state index >= 15 is 0 Å². The van der Waals surface area contributed by atoms with E-state index in [1.165, 1.54) is 12.8 Å². The van der Waals surface area contributed by atoms with E-state index in [1.54, 1.807) is 0 Å². The van der Waals surface area contributed by atoms with E-state index in [1.807, 2.05) is 6.92 Å². The van der Waals surface area contributed by atoms with Crippen LogP contribution in [0.15, 0.2) is 12.2 Å². The quantitative estimate of drug-likeness (QED) is 0.108. The largest absolute Gasteiger partial charge is 0.460 e. The highest BCUT2D eigenvalue weighted by Crippen LogP contribution is 2.69. The lowest BCUT2D eigenvalue weighted by Gasteiger charge is -2.61. The number of hydrogen-bond donors (Lipinski definition) is 0. The van der Waals surface area contributed by atoms with Gasteiger partial charge in [0.2, 0.25) is 0 Å². The SMILES string of the molecule is C[C@H](CC/C=C/CC(F)(F)C(F)(F)C(F)(F)C(F)(F)C(F)(F)C(F)(F)F)[C@H]1CC[C@H]2[C@@H]3CC[C@@H]4C[C@H](O[Si](C)(C)C(C)(C)C)CC[C@]4(C)[C@H]3CC[C@]12C. The number of alkyl halides is 13. The van der Waals surface area contributed by atoms with Gasteiger partial charge >= 0.3 is 35.8 Å². The van der Waals surface area contributed by atoms with E-state index in [0.29, 0.717) is 48.2 Å². The predicted molar refractivity (Wildman–Crippen MR) is 180 cm³/mol. The highest BCUT2D eigenvalue weighted by Gasteiger charge is 2.90. The van der Waals surface area contributed by atoms with Crippen molar-refractivity contribution in [1.29, 1.82) is 0 Å². The monoisotopic (exact) mass is 804 g/mol. The fourth-order valence-electron chi connectivity index (χ4n) is 10.7. The molecule has 0 radical (unpaired) electrons. The van der Waals surface area contributed by atoms with Crippen LogP contribution < -0.4 is 0 Å². The average Bonchev–Trinajstić information content (AvgIpc) is 3.36. The molecule has 1 nitrogen and oxygen atoms in total. The van der Waals surface area contributed by atoms with Gasteiger partial charge in [0.25, 0.3) is 0 Å². The minimum atomic E-state index is -7.87. The van der Waals surface area contributed by atoms with Crippen molar-refractivity contribution in [3.05, 3.63) is 12.2 Å². The van der Waals surface area contributed by atoms with Gasteiger partial charge in [-0.15, -0.1) is 0 Å². The highest BCUT2D eigenvalue weighted by molar-refractivity contribution is 6.74. The smallest absolute Gasteiger partial charge is 0.414 e. The van der Waals surface area contributed by atoms with Crippen LogP contribution in [0, 0.1) is 46.3 Å². The Morgan fingerprint density at radius 3 is 1.79 bits per heavy atom. The zero-order valence-corrected chi connectivity index (χ0v) is 33.0. The Balaban J connectivity index is 1.35. The highest BCUT2D eigenvalue weighted by atomic mass is 28.4. The van der Waals surface area contributed by atoms with Gasteiger partial charge in [0, 0.05) is 12.5 Å². The van der Waals surface area contributed by atoms with E-state index in [2.05, 4.69) is 47.7 Å². The summed E-state index contributed by atoms with van der Waals surface area (Å²) in [4.78, 5) is 0. The maximum absolute atomic E-state index is 14.2. The van der Waals surface area contributed by atoms with Crippen molar-refractivity contribution >= 4 is 8.32 Å². The Morgan fingerprint density at radius 2 is 1.23 bits per heavy atom. The summed E-state index contributed by atoms with van der Waals surface area (Å²) in [7, 11) is -1.88. The Morgan fingerprint density at radius 1 is 0.679 bits per heavy atom. The molecule has 9 atom stereocenters. The molecule has 4 fully saturated rings. The lowest BCUT2D eigenvalue weighted by atomic mass is 9.44. The topological polar surface area (TPSA) is 9.23 Å². The molecule has 4 rings (SSSR count). The third kappa shape index (κ3) is 7.36. The molecule has 0 aromatic carbocycles. The van der Waals surface area contributed by atoms with Crippen molar-refractivity contribution in [3.63, 3.8) is 0 Å². The molecule has 310 valence electrons. The summed E-state index contributed by atoms with van der Waals surface area (Å²) in [6, 6.07) is 0. The third-order valence-corrected chi connectivity index (χ3v) is 19.5. The van der Waals surface area contributed by atoms with E-state index in [-0.39, 0.29) is 28.2 Å². The molecule has 4 aliphatic rings. The molecule has 15 heteroatoms. The second kappa shape index (κ2) is 14.1. The lowest BCUT2D eigenvalue weighted by molar-refractivity contribution is -0.439. The molecule has 0 bridgehead atoms. The van der Waals surface area contributed by atoms with Gasteiger partial charge in [0.05, 0.1) is 0 Å². The van der Waals surface area contributed by atoms with Crippen LogP contribution >= 0.6 is 0 Å². The van der Waals surface area contributed by atoms with Crippen molar-refractivity contribution in [2.45, 2.75) is 179 Å². The molecule has 0 spiro atoms. The molecule has 4 saturated carbocycles. The summed E-state index contributed by atoms with van der Waals surface area (Å²) in [5, 5.41) is 0.150. The number of rotatable bonds is 12. The first kappa shape index (κ1) is 44.7. The van der Waals surface area contributed by atoms with Gasteiger partial charge in [0.1, 0.15) is 0 Å². The summed E-state index contributed by atoms with van der Waals surface area (Å²) in [5.74, 6) is -33.9. The van der Waals surface area contributed by atoms with Gasteiger partial charge in [-0.05, 0) is 135 Å². The second-order valence-electron chi connectivity index (χ2n) is 18.9. The number of halogens is 13. The molecular weight excluding hydrogens is 747 g/mol. The predicted octanol–water partition coefficient (Wildman–Crippen LogP) is 14.1. The first-order valence-corrected chi connectivity index (χ1v) is 21.9. The first-order chi connectivity index (χ1) is 23.7. The molecule has 0 aromatic heterocycles. The van der Waals surface area contributed by atoms with Gasteiger partial charge in [-0.2, -0.15) is 57.1 Å². The molecule has 0 saturated heterocycles. The van der Waals surface area contributed by atoms with Gasteiger partial charge in [-0.1, -0.05) is 53.7 Å². The van der Waals surface area contributed by atoms with E-state index in [9.17, 15) is 57.1 Å². The summed E-state index contributed by atoms with van der Waals surface area (Å²) < 4.78 is 182. The number of hydrogen-bond acceptors (Lipinski definition) is 1. The van der Waals surface area contributed by atoms with Crippen molar-refractivity contribution < 1.29 is 61.5 Å². The fraction of sp³-hybridized carbons (Fsp3) is 0.947. The van der Waals surface area contributed by atoms with E-state index in [0.717, 1.165) is 51.0 Å². The molecule has 53 heavy (non-hydrogen) atoms. The van der Waals surface area contributed by atoms with E-state index in [4.69, 9.17) is 4.43 Å². The van der Waals surface area contributed by atoms with Crippen molar-refractivity contribution in [1.82, 2.24) is 0 Å². The summed E-state index contributed by atoms with van der Waals surface area (Å²) in [5.41, 5.74) is 0.296. The van der Waals surface area contributed by atoms with Crippen LogP contribution in [0.5, 0.6) is 0 Å². The van der Waals surface area contributed by atoms with E-state index < -0.39 is 50.5 Å². The van der Waals surface area contributed by atoms with Gasteiger partial charge in [-0.25, -0.2) is 0 Å². The Hall–Kier alpha value is -0.993. The Kier molecular flexibility index (Phi) is 11.9. The molecule has 0 N–H and O–H groups in total. The lowest BCUT2D eigenvalue weighted by Crippen LogP contribution is -2.70.